The van der Waals surface area contributed by atoms with Crippen LogP contribution in [-0.2, 0) is 13.1 Å². The van der Waals surface area contributed by atoms with E-state index >= 15 is 0 Å². The van der Waals surface area contributed by atoms with Crippen LogP contribution in [0.2, 0.25) is 5.02 Å². The van der Waals surface area contributed by atoms with Crippen molar-refractivity contribution in [1.82, 2.24) is 15.1 Å². The highest BCUT2D eigenvalue weighted by Crippen LogP contribution is 2.36. The largest absolute Gasteiger partial charge is 0.493 e. The minimum atomic E-state index is 0.477. The summed E-state index contributed by atoms with van der Waals surface area (Å²) in [6.07, 6.45) is 3.63. The normalized spacial score (nSPS) is 10.6. The fourth-order valence-corrected chi connectivity index (χ4v) is 2.25. The Kier molecular flexibility index (Phi) is 5.90. The summed E-state index contributed by atoms with van der Waals surface area (Å²) in [7, 11) is 1.61. The van der Waals surface area contributed by atoms with Crippen LogP contribution in [0.25, 0.3) is 0 Å². The minimum absolute atomic E-state index is 0.477. The second-order valence-electron chi connectivity index (χ2n) is 4.51. The summed E-state index contributed by atoms with van der Waals surface area (Å²) >= 11 is 6.30. The molecule has 0 fully saturated rings. The predicted octanol–water partition coefficient (Wildman–Crippen LogP) is 2.73. The number of benzene rings is 1. The number of nitrogens with one attached hydrogen (secondary N) is 1. The average Bonchev–Trinajstić information content (AvgIpc) is 3.00. The Morgan fingerprint density at radius 3 is 2.90 bits per heavy atom. The standard InChI is InChI=1S/C15H20ClN3O2/c1-3-17-11-12-9-13(16)15(14(10-12)20-2)21-8-7-19-6-4-5-18-19/h4-6,9-10,17H,3,7-8,11H2,1-2H3. The van der Waals surface area contributed by atoms with Crippen molar-refractivity contribution in [2.75, 3.05) is 20.3 Å². The molecule has 6 heteroatoms. The summed E-state index contributed by atoms with van der Waals surface area (Å²) in [6, 6.07) is 5.72. The van der Waals surface area contributed by atoms with E-state index in [1.54, 1.807) is 18.0 Å². The Hall–Kier alpha value is -1.72. The van der Waals surface area contributed by atoms with E-state index in [9.17, 15) is 0 Å². The van der Waals surface area contributed by atoms with Gasteiger partial charge in [0.15, 0.2) is 11.5 Å². The van der Waals surface area contributed by atoms with Gasteiger partial charge in [-0.25, -0.2) is 0 Å². The first-order chi connectivity index (χ1) is 10.2. The second-order valence-corrected chi connectivity index (χ2v) is 4.91. The van der Waals surface area contributed by atoms with Gasteiger partial charge in [0.2, 0.25) is 0 Å². The van der Waals surface area contributed by atoms with Gasteiger partial charge in [-0.3, -0.25) is 4.68 Å². The Morgan fingerprint density at radius 2 is 2.24 bits per heavy atom. The molecule has 2 aromatic rings. The van der Waals surface area contributed by atoms with Crippen molar-refractivity contribution in [3.8, 4) is 11.5 Å². The Morgan fingerprint density at radius 1 is 1.38 bits per heavy atom. The maximum absolute atomic E-state index is 6.30. The summed E-state index contributed by atoms with van der Waals surface area (Å²) in [6.45, 7) is 4.85. The Bertz CT molecular complexity index is 558. The average molecular weight is 310 g/mol. The molecule has 1 heterocycles. The number of halogens is 1. The summed E-state index contributed by atoms with van der Waals surface area (Å²) in [5, 5.41) is 7.94. The summed E-state index contributed by atoms with van der Waals surface area (Å²) < 4.78 is 12.9. The van der Waals surface area contributed by atoms with E-state index in [-0.39, 0.29) is 0 Å². The number of nitrogens with zero attached hydrogens (tertiary/aromatic N) is 2. The third kappa shape index (κ3) is 4.37. The van der Waals surface area contributed by atoms with Crippen molar-refractivity contribution in [2.24, 2.45) is 0 Å². The zero-order valence-corrected chi connectivity index (χ0v) is 13.1. The zero-order valence-electron chi connectivity index (χ0n) is 12.3. The van der Waals surface area contributed by atoms with Crippen LogP contribution in [-0.4, -0.2) is 30.0 Å². The van der Waals surface area contributed by atoms with Gasteiger partial charge in [0, 0.05) is 18.9 Å². The van der Waals surface area contributed by atoms with Crippen LogP contribution in [0.4, 0.5) is 0 Å². The highest BCUT2D eigenvalue weighted by Gasteiger charge is 2.12. The minimum Gasteiger partial charge on any atom is -0.493 e. The van der Waals surface area contributed by atoms with Crippen molar-refractivity contribution in [1.29, 1.82) is 0 Å². The lowest BCUT2D eigenvalue weighted by atomic mass is 10.2. The van der Waals surface area contributed by atoms with Gasteiger partial charge in [-0.1, -0.05) is 18.5 Å². The first-order valence-corrected chi connectivity index (χ1v) is 7.29. The third-order valence-electron chi connectivity index (χ3n) is 2.99. The smallest absolute Gasteiger partial charge is 0.179 e. The van der Waals surface area contributed by atoms with Crippen LogP contribution in [0.5, 0.6) is 11.5 Å². The van der Waals surface area contributed by atoms with Crippen molar-refractivity contribution in [2.45, 2.75) is 20.0 Å². The van der Waals surface area contributed by atoms with E-state index in [2.05, 4.69) is 17.3 Å². The molecule has 1 aromatic heterocycles. The molecule has 0 atom stereocenters. The van der Waals surface area contributed by atoms with Gasteiger partial charge < -0.3 is 14.8 Å². The molecule has 114 valence electrons. The number of hydrogen-bond donors (Lipinski definition) is 1. The molecule has 0 bridgehead atoms. The molecule has 1 N–H and O–H groups in total. The second kappa shape index (κ2) is 7.90. The molecule has 0 aliphatic carbocycles. The Balaban J connectivity index is 2.03. The molecule has 0 radical (unpaired) electrons. The first-order valence-electron chi connectivity index (χ1n) is 6.92. The molecule has 0 saturated heterocycles. The molecule has 0 aliphatic rings. The van der Waals surface area contributed by atoms with Crippen LogP contribution in [0, 0.1) is 0 Å². The highest BCUT2D eigenvalue weighted by molar-refractivity contribution is 6.32. The first kappa shape index (κ1) is 15.7. The fraction of sp³-hybridized carbons (Fsp3) is 0.400. The molecule has 5 nitrogen and oxygen atoms in total. The van der Waals surface area contributed by atoms with Gasteiger partial charge in [0.25, 0.3) is 0 Å². The number of aromatic nitrogens is 2. The lowest BCUT2D eigenvalue weighted by molar-refractivity contribution is 0.274. The van der Waals surface area contributed by atoms with Crippen LogP contribution >= 0.6 is 11.6 Å². The third-order valence-corrected chi connectivity index (χ3v) is 3.28. The van der Waals surface area contributed by atoms with Gasteiger partial charge in [-0.05, 0) is 30.3 Å². The van der Waals surface area contributed by atoms with E-state index in [1.165, 1.54) is 0 Å². The van der Waals surface area contributed by atoms with Crippen LogP contribution in [0.1, 0.15) is 12.5 Å². The molecule has 0 amide bonds. The molecule has 21 heavy (non-hydrogen) atoms. The lowest BCUT2D eigenvalue weighted by Crippen LogP contribution is -2.12. The number of rotatable bonds is 8. The van der Waals surface area contributed by atoms with Gasteiger partial charge in [-0.2, -0.15) is 5.10 Å². The summed E-state index contributed by atoms with van der Waals surface area (Å²) in [4.78, 5) is 0. The molecular formula is C15H20ClN3O2. The van der Waals surface area contributed by atoms with E-state index in [0.717, 1.165) is 18.7 Å². The fourth-order valence-electron chi connectivity index (χ4n) is 1.96. The van der Waals surface area contributed by atoms with Crippen LogP contribution < -0.4 is 14.8 Å². The number of ether oxygens (including phenoxy) is 2. The van der Waals surface area contributed by atoms with E-state index in [0.29, 0.717) is 29.7 Å². The summed E-state index contributed by atoms with van der Waals surface area (Å²) in [5.41, 5.74) is 1.07. The monoisotopic (exact) mass is 309 g/mol. The zero-order chi connectivity index (χ0) is 15.1. The SMILES string of the molecule is CCNCc1cc(Cl)c(OCCn2cccn2)c(OC)c1. The predicted molar refractivity (Wildman–Crippen MR) is 83.1 cm³/mol. The van der Waals surface area contributed by atoms with Gasteiger partial charge in [-0.15, -0.1) is 0 Å². The maximum Gasteiger partial charge on any atom is 0.179 e. The van der Waals surface area contributed by atoms with Crippen molar-refractivity contribution in [3.05, 3.63) is 41.2 Å². The highest BCUT2D eigenvalue weighted by atomic mass is 35.5. The van der Waals surface area contributed by atoms with Crippen molar-refractivity contribution < 1.29 is 9.47 Å². The van der Waals surface area contributed by atoms with Crippen molar-refractivity contribution in [3.63, 3.8) is 0 Å². The van der Waals surface area contributed by atoms with Gasteiger partial charge in [0.1, 0.15) is 6.61 Å². The molecular weight excluding hydrogens is 290 g/mol. The van der Waals surface area contributed by atoms with E-state index < -0.39 is 0 Å². The van der Waals surface area contributed by atoms with Crippen molar-refractivity contribution >= 4 is 11.6 Å². The number of methoxy groups -OCH3 is 1. The summed E-state index contributed by atoms with van der Waals surface area (Å²) in [5.74, 6) is 1.22. The maximum atomic E-state index is 6.30. The molecule has 0 spiro atoms. The molecule has 0 aliphatic heterocycles. The topological polar surface area (TPSA) is 48.3 Å². The molecule has 1 aromatic carbocycles. The van der Waals surface area contributed by atoms with E-state index in [1.807, 2.05) is 24.4 Å². The van der Waals surface area contributed by atoms with Gasteiger partial charge in [0.05, 0.1) is 18.7 Å². The lowest BCUT2D eigenvalue weighted by Gasteiger charge is -2.14. The Labute approximate surface area is 129 Å². The molecule has 0 saturated carbocycles. The molecule has 0 unspecified atom stereocenters. The number of hydrogen-bond acceptors (Lipinski definition) is 4. The van der Waals surface area contributed by atoms with Crippen LogP contribution in [0.3, 0.4) is 0 Å². The van der Waals surface area contributed by atoms with E-state index in [4.69, 9.17) is 21.1 Å². The van der Waals surface area contributed by atoms with Crippen LogP contribution in [0.15, 0.2) is 30.6 Å². The van der Waals surface area contributed by atoms with Gasteiger partial charge >= 0.3 is 0 Å². The molecule has 2 rings (SSSR count). The quantitative estimate of drug-likeness (QED) is 0.814.